The van der Waals surface area contributed by atoms with E-state index in [0.29, 0.717) is 6.92 Å². The number of carbonyl (C=O) groups excluding carboxylic acids is 7. The number of nitrogens with zero attached hydrogens (tertiary/aromatic N) is 1. The predicted octanol–water partition coefficient (Wildman–Crippen LogP) is 2.01. The van der Waals surface area contributed by atoms with Gasteiger partial charge in [0.2, 0.25) is 0 Å². The van der Waals surface area contributed by atoms with Crippen molar-refractivity contribution in [3.8, 4) is 0 Å². The van der Waals surface area contributed by atoms with Gasteiger partial charge in [-0.3, -0.25) is 38.3 Å². The molecule has 0 saturated carbocycles. The van der Waals surface area contributed by atoms with Crippen molar-refractivity contribution in [3.05, 3.63) is 0 Å². The first kappa shape index (κ1) is 47.1. The largest absolute Gasteiger partial charge is 0.456 e. The molecule has 52 heavy (non-hydrogen) atoms. The van der Waals surface area contributed by atoms with Crippen molar-refractivity contribution in [2.45, 2.75) is 133 Å². The normalized spacial score (nSPS) is 29.7. The Labute approximate surface area is 310 Å². The maximum Gasteiger partial charge on any atom is 0.303 e. The minimum atomic E-state index is -3.37. The first-order valence-electron chi connectivity index (χ1n) is 15.4. The Morgan fingerprint density at radius 1 is 0.615 bits per heavy atom. The Bertz CT molecular complexity index is 1330. The summed E-state index contributed by atoms with van der Waals surface area (Å²) in [5.41, 5.74) is 3.89. The second-order valence-electron chi connectivity index (χ2n) is 11.5. The highest BCUT2D eigenvalue weighted by atomic mass is 32.2. The topological polar surface area (TPSA) is 232 Å². The number of carbonyl (C=O) groups is 7. The lowest BCUT2D eigenvalue weighted by molar-refractivity contribution is -0.243. The molecular weight excluding hydrogens is 761 g/mol. The van der Waals surface area contributed by atoms with E-state index in [-0.39, 0.29) is 5.78 Å². The Kier molecular flexibility index (Phi) is 19.1. The standard InChI is InChI=1S/C15H23F2NO7S.C15H22NO8PS/c1-6(19)22-9-10(23-7(2)20)12(24-8(3)21)14(26-5)25-11(9)13(18)15(4,16)17;1-6(17)10(16-25)11-12(21-7(2)18)13(22-8(3)19)14(23-9(4)20)15(24-11)26-5/h9-14H,18H2,1-5H3;10-15,25H,1-5H3/t9-,10+,11+,12-,13+,14-;10-,11-,12+,13+,14-,15-/m11/s1. The highest BCUT2D eigenvalue weighted by Crippen LogP contribution is 2.37. The van der Waals surface area contributed by atoms with Gasteiger partial charge in [-0.25, -0.2) is 8.78 Å². The summed E-state index contributed by atoms with van der Waals surface area (Å²) in [5.74, 6) is -8.00. The fourth-order valence-corrected chi connectivity index (χ4v) is 6.98. The molecular formula is C30H45F2N2O15PS2. The van der Waals surface area contributed by atoms with E-state index in [9.17, 15) is 42.3 Å². The first-order valence-corrected chi connectivity index (χ1v) is 18.4. The zero-order valence-corrected chi connectivity index (χ0v) is 32.8. The molecule has 2 saturated heterocycles. The van der Waals surface area contributed by atoms with Gasteiger partial charge in [-0.15, -0.1) is 23.5 Å². The molecule has 0 radical (unpaired) electrons. The number of ketones is 1. The third-order valence-electron chi connectivity index (χ3n) is 7.14. The van der Waals surface area contributed by atoms with Crippen molar-refractivity contribution in [1.29, 1.82) is 0 Å². The van der Waals surface area contributed by atoms with Crippen molar-refractivity contribution in [3.63, 3.8) is 0 Å². The number of ether oxygens (including phenoxy) is 8. The van der Waals surface area contributed by atoms with Crippen molar-refractivity contribution >= 4 is 74.2 Å². The molecule has 2 aliphatic rings. The van der Waals surface area contributed by atoms with E-state index in [1.54, 1.807) is 12.5 Å². The molecule has 0 aromatic rings. The van der Waals surface area contributed by atoms with Crippen LogP contribution in [-0.4, -0.2) is 132 Å². The van der Waals surface area contributed by atoms with Crippen LogP contribution < -0.4 is 5.73 Å². The lowest BCUT2D eigenvalue weighted by Gasteiger charge is -2.46. The van der Waals surface area contributed by atoms with Crippen LogP contribution in [0.2, 0.25) is 0 Å². The third-order valence-corrected chi connectivity index (χ3v) is 9.11. The number of rotatable bonds is 13. The molecule has 296 valence electrons. The van der Waals surface area contributed by atoms with Gasteiger partial charge in [0.1, 0.15) is 29.1 Å². The summed E-state index contributed by atoms with van der Waals surface area (Å²) in [7, 11) is 2.95. The Morgan fingerprint density at radius 2 is 0.904 bits per heavy atom. The zero-order valence-electron chi connectivity index (χ0n) is 30.1. The van der Waals surface area contributed by atoms with Gasteiger partial charge in [-0.1, -0.05) is 0 Å². The molecule has 2 fully saturated rings. The maximum absolute atomic E-state index is 13.8. The van der Waals surface area contributed by atoms with Crippen LogP contribution in [0.3, 0.4) is 0 Å². The SMILES string of the molecule is CS[C@H]1O[C@H]([C@H](N)C(C)(F)F)[C@H](OC(C)=O)[C@H](OC(C)=O)[C@H]1OC(C)=O.CS[C@H]1O[C@H]([C@H](N=P)C(C)=O)[C@H](OC(C)=O)[C@H](OC(C)=O)[C@H]1OC(C)=O. The lowest BCUT2D eigenvalue weighted by atomic mass is 9.91. The molecule has 0 unspecified atom stereocenters. The number of nitrogens with two attached hydrogens (primary N) is 1. The number of thioether (sulfide) groups is 2. The van der Waals surface area contributed by atoms with Crippen molar-refractivity contribution < 1.29 is 80.2 Å². The van der Waals surface area contributed by atoms with Gasteiger partial charge >= 0.3 is 35.8 Å². The van der Waals surface area contributed by atoms with E-state index in [0.717, 1.165) is 39.5 Å². The van der Waals surface area contributed by atoms with Gasteiger partial charge in [0.15, 0.2) is 42.4 Å². The molecule has 2 rings (SSSR count). The van der Waals surface area contributed by atoms with Crippen LogP contribution in [0.1, 0.15) is 55.4 Å². The summed E-state index contributed by atoms with van der Waals surface area (Å²) in [4.78, 5) is 81.1. The molecule has 0 aliphatic carbocycles. The monoisotopic (exact) mass is 806 g/mol. The average molecular weight is 807 g/mol. The minimum absolute atomic E-state index is 0.352. The van der Waals surface area contributed by atoms with Gasteiger partial charge in [-0.2, -0.15) is 0 Å². The molecule has 0 aromatic carbocycles. The van der Waals surface area contributed by atoms with Crippen LogP contribution in [0.5, 0.6) is 0 Å². The maximum atomic E-state index is 13.8. The van der Waals surface area contributed by atoms with Crippen LogP contribution in [0, 0.1) is 0 Å². The summed E-state index contributed by atoms with van der Waals surface area (Å²) in [6, 6.07) is -2.89. The van der Waals surface area contributed by atoms with E-state index in [2.05, 4.69) is 13.8 Å². The molecule has 0 amide bonds. The van der Waals surface area contributed by atoms with Crippen molar-refractivity contribution in [1.82, 2.24) is 0 Å². The second-order valence-corrected chi connectivity index (χ2v) is 13.7. The Balaban J connectivity index is 0.000000520. The highest BCUT2D eigenvalue weighted by Gasteiger charge is 2.57. The average Bonchev–Trinajstić information content (AvgIpc) is 2.99. The van der Waals surface area contributed by atoms with E-state index in [1.165, 1.54) is 32.5 Å². The van der Waals surface area contributed by atoms with Crippen molar-refractivity contribution in [2.75, 3.05) is 12.5 Å². The number of esters is 6. The Hall–Kier alpha value is -2.97. The Morgan fingerprint density at radius 3 is 1.17 bits per heavy atom. The van der Waals surface area contributed by atoms with Crippen LogP contribution in [0.15, 0.2) is 4.74 Å². The fraction of sp³-hybridized carbons (Fsp3) is 0.767. The van der Waals surface area contributed by atoms with Gasteiger partial charge in [0.05, 0.1) is 6.04 Å². The third kappa shape index (κ3) is 13.8. The molecule has 0 spiro atoms. The van der Waals surface area contributed by atoms with Crippen LogP contribution in [-0.2, 0) is 71.5 Å². The second kappa shape index (κ2) is 21.1. The summed E-state index contributed by atoms with van der Waals surface area (Å²) in [6.07, 6.45) is -6.65. The number of hydrogen-bond donors (Lipinski definition) is 1. The first-order chi connectivity index (χ1) is 24.0. The highest BCUT2D eigenvalue weighted by molar-refractivity contribution is 7.99. The van der Waals surface area contributed by atoms with Crippen LogP contribution in [0.4, 0.5) is 8.78 Å². The van der Waals surface area contributed by atoms with E-state index in [4.69, 9.17) is 43.6 Å². The van der Waals surface area contributed by atoms with Crippen molar-refractivity contribution in [2.24, 2.45) is 10.5 Å². The number of Topliss-reactive ketones (excluding diaryl/α,β-unsaturated/α-hetero) is 1. The molecule has 0 aromatic heterocycles. The molecule has 12 atom stereocenters. The predicted molar refractivity (Wildman–Crippen MR) is 181 cm³/mol. The molecule has 2 heterocycles. The number of halogens is 2. The van der Waals surface area contributed by atoms with Gasteiger partial charge in [0.25, 0.3) is 5.92 Å². The van der Waals surface area contributed by atoms with Crippen LogP contribution >= 0.6 is 32.6 Å². The molecule has 2 N–H and O–H groups in total. The van der Waals surface area contributed by atoms with Crippen LogP contribution in [0.25, 0.3) is 0 Å². The minimum Gasteiger partial charge on any atom is -0.456 e. The van der Waals surface area contributed by atoms with E-state index in [1.807, 2.05) is 0 Å². The molecule has 2 aliphatic heterocycles. The summed E-state index contributed by atoms with van der Waals surface area (Å²) in [6.45, 7) is 8.69. The smallest absolute Gasteiger partial charge is 0.303 e. The quantitative estimate of drug-likeness (QED) is 0.159. The van der Waals surface area contributed by atoms with E-state index >= 15 is 0 Å². The summed E-state index contributed by atoms with van der Waals surface area (Å²) < 4.78 is 74.1. The molecule has 0 bridgehead atoms. The van der Waals surface area contributed by atoms with Gasteiger partial charge in [0, 0.05) is 48.5 Å². The number of alkyl halides is 2. The number of hydrogen-bond acceptors (Lipinski definition) is 19. The fourth-order valence-electron chi connectivity index (χ4n) is 5.22. The van der Waals surface area contributed by atoms with Gasteiger partial charge < -0.3 is 43.6 Å². The summed E-state index contributed by atoms with van der Waals surface area (Å²) in [5, 5.41) is 0. The zero-order chi connectivity index (χ0) is 40.2. The van der Waals surface area contributed by atoms with E-state index < -0.39 is 114 Å². The van der Waals surface area contributed by atoms with Gasteiger partial charge in [-0.05, 0) is 28.5 Å². The summed E-state index contributed by atoms with van der Waals surface area (Å²) >= 11 is 2.24. The molecule has 22 heteroatoms. The lowest BCUT2D eigenvalue weighted by Crippen LogP contribution is -2.66. The molecule has 17 nitrogen and oxygen atoms in total.